The Balaban J connectivity index is 1.92. The Bertz CT molecular complexity index is 1120. The first-order valence-electron chi connectivity index (χ1n) is 9.10. The van der Waals surface area contributed by atoms with Crippen LogP contribution >= 0.6 is 0 Å². The SMILES string of the molecule is CN/C=C(\C=N)c1ccc(Nc2ncc3ccnc(NCC(F)(F)F)c3n2)c(OC)c1. The average Bonchev–Trinajstić information content (AvgIpc) is 2.75. The van der Waals surface area contributed by atoms with Crippen LogP contribution in [0.5, 0.6) is 5.75 Å². The summed E-state index contributed by atoms with van der Waals surface area (Å²) in [6.07, 6.45) is 1.40. The lowest BCUT2D eigenvalue weighted by Crippen LogP contribution is -2.22. The van der Waals surface area contributed by atoms with Crippen LogP contribution in [0.1, 0.15) is 5.56 Å². The van der Waals surface area contributed by atoms with Crippen LogP contribution in [-0.2, 0) is 0 Å². The number of nitrogens with one attached hydrogen (secondary N) is 4. The number of anilines is 3. The van der Waals surface area contributed by atoms with Crippen molar-refractivity contribution in [3.63, 3.8) is 0 Å². The van der Waals surface area contributed by atoms with Gasteiger partial charge in [0.05, 0.1) is 12.8 Å². The predicted octanol–water partition coefficient (Wildman–Crippen LogP) is 3.96. The maximum absolute atomic E-state index is 12.6. The third-order valence-electron chi connectivity index (χ3n) is 4.19. The van der Waals surface area contributed by atoms with Crippen molar-refractivity contribution >= 4 is 40.1 Å². The second-order valence-corrected chi connectivity index (χ2v) is 6.33. The summed E-state index contributed by atoms with van der Waals surface area (Å²) in [4.78, 5) is 12.5. The number of hydrogen-bond acceptors (Lipinski definition) is 8. The molecular formula is C20H20F3N7O. The van der Waals surface area contributed by atoms with Gasteiger partial charge < -0.3 is 26.1 Å². The van der Waals surface area contributed by atoms with Crippen LogP contribution in [0.3, 0.4) is 0 Å². The number of halogens is 3. The number of fused-ring (bicyclic) bond motifs is 1. The lowest BCUT2D eigenvalue weighted by Gasteiger charge is -2.13. The molecule has 0 amide bonds. The number of ether oxygens (including phenoxy) is 1. The first-order valence-corrected chi connectivity index (χ1v) is 9.10. The van der Waals surface area contributed by atoms with Crippen molar-refractivity contribution in [1.29, 1.82) is 5.41 Å². The standard InChI is InChI=1S/C20H20F3N7O/c1-25-9-14(8-24)12-3-4-15(16(7-12)31-2)29-19-27-10-13-5-6-26-18(17(13)30-19)28-11-20(21,22)23/h3-10,24-25H,11H2,1-2H3,(H,26,28)(H,27,29,30)/b14-9+,24-8?. The monoisotopic (exact) mass is 431 g/mol. The molecule has 2 heterocycles. The maximum Gasteiger partial charge on any atom is 0.405 e. The van der Waals surface area contributed by atoms with Gasteiger partial charge >= 0.3 is 6.18 Å². The van der Waals surface area contributed by atoms with E-state index in [9.17, 15) is 13.2 Å². The fraction of sp³-hybridized carbons (Fsp3) is 0.200. The molecule has 0 saturated heterocycles. The molecule has 1 aromatic carbocycles. The molecule has 0 fully saturated rings. The fourth-order valence-electron chi connectivity index (χ4n) is 2.79. The van der Waals surface area contributed by atoms with Gasteiger partial charge in [0.1, 0.15) is 17.8 Å². The van der Waals surface area contributed by atoms with Crippen molar-refractivity contribution in [2.45, 2.75) is 6.18 Å². The highest BCUT2D eigenvalue weighted by molar-refractivity contribution is 6.08. The van der Waals surface area contributed by atoms with Crippen molar-refractivity contribution in [1.82, 2.24) is 20.3 Å². The van der Waals surface area contributed by atoms with Crippen LogP contribution in [0, 0.1) is 5.41 Å². The van der Waals surface area contributed by atoms with Gasteiger partial charge in [-0.3, -0.25) is 0 Å². The quantitative estimate of drug-likeness (QED) is 0.400. The zero-order chi connectivity index (χ0) is 22.4. The van der Waals surface area contributed by atoms with Gasteiger partial charge in [0.25, 0.3) is 0 Å². The van der Waals surface area contributed by atoms with Crippen LogP contribution in [0.4, 0.5) is 30.6 Å². The van der Waals surface area contributed by atoms with E-state index >= 15 is 0 Å². The molecule has 0 unspecified atom stereocenters. The lowest BCUT2D eigenvalue weighted by atomic mass is 10.1. The van der Waals surface area contributed by atoms with E-state index in [0.717, 1.165) is 5.56 Å². The van der Waals surface area contributed by atoms with Crippen molar-refractivity contribution in [3.05, 3.63) is 48.4 Å². The molecule has 0 radical (unpaired) electrons. The summed E-state index contributed by atoms with van der Waals surface area (Å²) in [5.74, 6) is 0.654. The Morgan fingerprint density at radius 1 is 1.23 bits per heavy atom. The molecule has 2 aromatic heterocycles. The smallest absolute Gasteiger partial charge is 0.405 e. The zero-order valence-electron chi connectivity index (χ0n) is 16.7. The molecule has 0 bridgehead atoms. The van der Waals surface area contributed by atoms with Gasteiger partial charge in [-0.25, -0.2) is 15.0 Å². The van der Waals surface area contributed by atoms with E-state index in [1.54, 1.807) is 37.5 Å². The Hall–Kier alpha value is -3.89. The Morgan fingerprint density at radius 3 is 2.71 bits per heavy atom. The normalized spacial score (nSPS) is 11.8. The first-order chi connectivity index (χ1) is 14.8. The topological polar surface area (TPSA) is 108 Å². The molecule has 4 N–H and O–H groups in total. The number of hydrogen-bond donors (Lipinski definition) is 4. The van der Waals surface area contributed by atoms with Crippen molar-refractivity contribution in [2.24, 2.45) is 0 Å². The van der Waals surface area contributed by atoms with Crippen molar-refractivity contribution < 1.29 is 17.9 Å². The molecule has 0 aliphatic rings. The summed E-state index contributed by atoms with van der Waals surface area (Å²) in [5, 5.41) is 16.2. The van der Waals surface area contributed by atoms with E-state index in [1.165, 1.54) is 25.7 Å². The van der Waals surface area contributed by atoms with Gasteiger partial charge in [-0.1, -0.05) is 6.07 Å². The van der Waals surface area contributed by atoms with E-state index in [4.69, 9.17) is 10.1 Å². The number of aromatic nitrogens is 3. The van der Waals surface area contributed by atoms with Crippen LogP contribution in [0.25, 0.3) is 16.5 Å². The van der Waals surface area contributed by atoms with Gasteiger partial charge in [-0.2, -0.15) is 13.2 Å². The largest absolute Gasteiger partial charge is 0.495 e. The Morgan fingerprint density at radius 2 is 2.03 bits per heavy atom. The second kappa shape index (κ2) is 9.28. The minimum atomic E-state index is -4.38. The Labute approximate surface area is 176 Å². The van der Waals surface area contributed by atoms with Crippen LogP contribution < -0.4 is 20.7 Å². The summed E-state index contributed by atoms with van der Waals surface area (Å²) in [7, 11) is 3.24. The van der Waals surface area contributed by atoms with Gasteiger partial charge in [-0.05, 0) is 23.8 Å². The number of rotatable bonds is 8. The van der Waals surface area contributed by atoms with E-state index in [1.807, 2.05) is 0 Å². The molecule has 0 aliphatic heterocycles. The third-order valence-corrected chi connectivity index (χ3v) is 4.19. The summed E-state index contributed by atoms with van der Waals surface area (Å²) >= 11 is 0. The number of pyridine rings is 1. The molecule has 8 nitrogen and oxygen atoms in total. The zero-order valence-corrected chi connectivity index (χ0v) is 16.7. The number of alkyl halides is 3. The Kier molecular flexibility index (Phi) is 6.53. The summed E-state index contributed by atoms with van der Waals surface area (Å²) in [6.45, 7) is -1.23. The van der Waals surface area contributed by atoms with Crippen molar-refractivity contribution in [3.8, 4) is 5.75 Å². The number of allylic oxidation sites excluding steroid dienone is 1. The van der Waals surface area contributed by atoms with E-state index in [2.05, 4.69) is 30.9 Å². The molecule has 3 rings (SSSR count). The lowest BCUT2D eigenvalue weighted by molar-refractivity contribution is -0.115. The number of benzene rings is 1. The minimum Gasteiger partial charge on any atom is -0.495 e. The number of methoxy groups -OCH3 is 1. The molecule has 162 valence electrons. The summed E-state index contributed by atoms with van der Waals surface area (Å²) < 4.78 is 43.2. The van der Waals surface area contributed by atoms with E-state index in [-0.39, 0.29) is 17.3 Å². The van der Waals surface area contributed by atoms with Crippen molar-refractivity contribution in [2.75, 3.05) is 31.3 Å². The summed E-state index contributed by atoms with van der Waals surface area (Å²) in [5.41, 5.74) is 2.21. The van der Waals surface area contributed by atoms with E-state index < -0.39 is 12.7 Å². The molecule has 0 aliphatic carbocycles. The van der Waals surface area contributed by atoms with Gasteiger partial charge in [0, 0.05) is 42.8 Å². The minimum absolute atomic E-state index is 0.00964. The predicted molar refractivity (Wildman–Crippen MR) is 114 cm³/mol. The molecule has 3 aromatic rings. The highest BCUT2D eigenvalue weighted by Gasteiger charge is 2.27. The van der Waals surface area contributed by atoms with Crippen LogP contribution in [-0.4, -0.2) is 48.0 Å². The number of nitrogens with zero attached hydrogens (tertiary/aromatic N) is 3. The highest BCUT2D eigenvalue weighted by Crippen LogP contribution is 2.30. The second-order valence-electron chi connectivity index (χ2n) is 6.33. The highest BCUT2D eigenvalue weighted by atomic mass is 19.4. The molecule has 31 heavy (non-hydrogen) atoms. The van der Waals surface area contributed by atoms with Crippen LogP contribution in [0.15, 0.2) is 42.9 Å². The van der Waals surface area contributed by atoms with Gasteiger partial charge in [-0.15, -0.1) is 0 Å². The molecule has 11 heteroatoms. The van der Waals surface area contributed by atoms with E-state index in [0.29, 0.717) is 22.4 Å². The maximum atomic E-state index is 12.6. The van der Waals surface area contributed by atoms with Gasteiger partial charge in [0.15, 0.2) is 5.82 Å². The molecule has 0 atom stereocenters. The first kappa shape index (κ1) is 21.8. The summed E-state index contributed by atoms with van der Waals surface area (Å²) in [6, 6.07) is 6.88. The van der Waals surface area contributed by atoms with Gasteiger partial charge in [0.2, 0.25) is 5.95 Å². The molecule has 0 saturated carbocycles. The molecular weight excluding hydrogens is 411 g/mol. The molecule has 0 spiro atoms. The fourth-order valence-corrected chi connectivity index (χ4v) is 2.79. The average molecular weight is 431 g/mol. The van der Waals surface area contributed by atoms with Crippen LogP contribution in [0.2, 0.25) is 0 Å². The third kappa shape index (κ3) is 5.38.